The molecule has 0 atom stereocenters. The van der Waals surface area contributed by atoms with E-state index in [0.29, 0.717) is 11.3 Å². The Kier molecular flexibility index (Phi) is 3.96. The Bertz CT molecular complexity index is 1270. The van der Waals surface area contributed by atoms with Crippen molar-refractivity contribution in [3.63, 3.8) is 0 Å². The summed E-state index contributed by atoms with van der Waals surface area (Å²) in [4.78, 5) is 52.8. The lowest BCUT2D eigenvalue weighted by Gasteiger charge is -2.04. The van der Waals surface area contributed by atoms with E-state index in [4.69, 9.17) is 0 Å². The summed E-state index contributed by atoms with van der Waals surface area (Å²) in [6.45, 7) is 0. The van der Waals surface area contributed by atoms with E-state index in [-0.39, 0.29) is 10.1 Å². The first-order chi connectivity index (χ1) is 12.7. The van der Waals surface area contributed by atoms with E-state index < -0.39 is 58.0 Å². The minimum Gasteiger partial charge on any atom is -0.288 e. The van der Waals surface area contributed by atoms with Crippen molar-refractivity contribution in [2.75, 3.05) is 0 Å². The predicted molar refractivity (Wildman–Crippen MR) is 92.2 cm³/mol. The molecule has 0 amide bonds. The topological polar surface area (TPSA) is 190 Å². The molecule has 0 aliphatic rings. The van der Waals surface area contributed by atoms with Crippen LogP contribution in [0.25, 0.3) is 20.2 Å². The molecular weight excluding hydrogens is 388 g/mol. The largest absolute Gasteiger partial charge is 0.431 e. The van der Waals surface area contributed by atoms with E-state index in [9.17, 15) is 45.3 Å². The zero-order valence-corrected chi connectivity index (χ0v) is 13.5. The molecule has 0 saturated heterocycles. The minimum absolute atomic E-state index is 0.0597. The van der Waals surface area contributed by atoms with Gasteiger partial charge < -0.3 is 0 Å². The van der Waals surface area contributed by atoms with Crippen molar-refractivity contribution in [1.82, 2.24) is 0 Å². The molecule has 27 heavy (non-hydrogen) atoms. The van der Waals surface area contributed by atoms with Gasteiger partial charge in [-0.05, 0) is 12.1 Å². The lowest BCUT2D eigenvalue weighted by Crippen LogP contribution is -2.11. The van der Waals surface area contributed by atoms with Crippen LogP contribution in [0.15, 0.2) is 29.1 Å². The molecule has 3 aromatic rings. The van der Waals surface area contributed by atoms with Crippen molar-refractivity contribution in [3.8, 4) is 0 Å². The van der Waals surface area contributed by atoms with Gasteiger partial charge in [0, 0.05) is 10.1 Å². The van der Waals surface area contributed by atoms with Gasteiger partial charge in [0.1, 0.15) is 10.1 Å². The second-order valence-corrected chi connectivity index (χ2v) is 6.11. The van der Waals surface area contributed by atoms with Crippen LogP contribution in [-0.4, -0.2) is 19.7 Å². The van der Waals surface area contributed by atoms with Crippen LogP contribution < -0.4 is 5.43 Å². The molecular formula is C13H4N4O9S. The van der Waals surface area contributed by atoms with Crippen LogP contribution in [-0.2, 0) is 0 Å². The van der Waals surface area contributed by atoms with Gasteiger partial charge in [-0.25, -0.2) is 0 Å². The van der Waals surface area contributed by atoms with Crippen LogP contribution in [0.1, 0.15) is 0 Å². The van der Waals surface area contributed by atoms with Gasteiger partial charge in [-0.3, -0.25) is 45.3 Å². The molecule has 0 unspecified atom stereocenters. The average molecular weight is 392 g/mol. The van der Waals surface area contributed by atoms with Crippen molar-refractivity contribution in [2.24, 2.45) is 0 Å². The second-order valence-electron chi connectivity index (χ2n) is 5.05. The fourth-order valence-electron chi connectivity index (χ4n) is 2.67. The Balaban J connectivity index is 2.84. The van der Waals surface area contributed by atoms with Crippen LogP contribution >= 0.6 is 11.3 Å². The highest BCUT2D eigenvalue weighted by Gasteiger charge is 2.48. The second kappa shape index (κ2) is 6.03. The summed E-state index contributed by atoms with van der Waals surface area (Å²) in [5.41, 5.74) is -7.19. The summed E-state index contributed by atoms with van der Waals surface area (Å²) in [7, 11) is 0. The highest BCUT2D eigenvalue weighted by Crippen LogP contribution is 2.50. The Morgan fingerprint density at radius 2 is 1.19 bits per heavy atom. The zero-order valence-electron chi connectivity index (χ0n) is 12.7. The molecule has 0 radical (unpaired) electrons. The minimum atomic E-state index is -1.70. The quantitative estimate of drug-likeness (QED) is 0.364. The molecule has 1 aromatic heterocycles. The Morgan fingerprint density at radius 1 is 0.704 bits per heavy atom. The first-order valence-electron chi connectivity index (χ1n) is 6.79. The predicted octanol–water partition coefficient (Wildman–Crippen LogP) is 3.05. The van der Waals surface area contributed by atoms with Crippen LogP contribution in [0.3, 0.4) is 0 Å². The number of rotatable bonds is 4. The van der Waals surface area contributed by atoms with E-state index in [1.54, 1.807) is 0 Å². The molecule has 1 heterocycles. The summed E-state index contributed by atoms with van der Waals surface area (Å²) in [5, 5.41) is 44.6. The van der Waals surface area contributed by atoms with Gasteiger partial charge in [-0.1, -0.05) is 12.1 Å². The van der Waals surface area contributed by atoms with E-state index in [0.717, 1.165) is 0 Å². The van der Waals surface area contributed by atoms with Gasteiger partial charge >= 0.3 is 22.7 Å². The fourth-order valence-corrected chi connectivity index (χ4v) is 3.86. The molecule has 14 heteroatoms. The standard InChI is InChI=1S/C13H4N4O9S/c18-12-5-3-1-2-4-6(5)27-13-7(12)8(14(19)20)9(15(21)22)10(16(23)24)11(13)17(25)26/h1-4H. The summed E-state index contributed by atoms with van der Waals surface area (Å²) < 4.78 is -0.497. The maximum absolute atomic E-state index is 12.7. The summed E-state index contributed by atoms with van der Waals surface area (Å²) in [5.74, 6) is 0. The number of nitro groups is 4. The van der Waals surface area contributed by atoms with Crippen molar-refractivity contribution in [3.05, 3.63) is 74.9 Å². The summed E-state index contributed by atoms with van der Waals surface area (Å²) in [6, 6.07) is 5.60. The monoisotopic (exact) mass is 392 g/mol. The van der Waals surface area contributed by atoms with Gasteiger partial charge in [-0.2, -0.15) is 0 Å². The molecule has 2 aromatic carbocycles. The van der Waals surface area contributed by atoms with E-state index >= 15 is 0 Å². The average Bonchev–Trinajstić information content (AvgIpc) is 2.59. The lowest BCUT2D eigenvalue weighted by molar-refractivity contribution is -0.450. The summed E-state index contributed by atoms with van der Waals surface area (Å²) >= 11 is 0.531. The normalized spacial score (nSPS) is 10.8. The highest BCUT2D eigenvalue weighted by molar-refractivity contribution is 7.25. The number of nitro benzene ring substituents is 4. The number of nitrogens with zero attached hydrogens (tertiary/aromatic N) is 4. The van der Waals surface area contributed by atoms with Crippen LogP contribution in [0.2, 0.25) is 0 Å². The summed E-state index contributed by atoms with van der Waals surface area (Å²) in [6.07, 6.45) is 0. The fraction of sp³-hybridized carbons (Fsp3) is 0. The molecule has 13 nitrogen and oxygen atoms in total. The third-order valence-electron chi connectivity index (χ3n) is 3.65. The van der Waals surface area contributed by atoms with Crippen molar-refractivity contribution < 1.29 is 19.7 Å². The van der Waals surface area contributed by atoms with Crippen molar-refractivity contribution >= 4 is 54.3 Å². The Morgan fingerprint density at radius 3 is 1.70 bits per heavy atom. The van der Waals surface area contributed by atoms with Crippen molar-refractivity contribution in [1.29, 1.82) is 0 Å². The molecule has 0 spiro atoms. The maximum atomic E-state index is 12.7. The molecule has 0 aliphatic heterocycles. The molecule has 136 valence electrons. The van der Waals surface area contributed by atoms with Crippen molar-refractivity contribution in [2.45, 2.75) is 0 Å². The highest BCUT2D eigenvalue weighted by atomic mass is 32.1. The molecule has 0 bridgehead atoms. The van der Waals surface area contributed by atoms with Gasteiger partial charge in [0.2, 0.25) is 5.43 Å². The molecule has 0 aliphatic carbocycles. The third-order valence-corrected chi connectivity index (χ3v) is 4.83. The van der Waals surface area contributed by atoms with Gasteiger partial charge in [0.25, 0.3) is 0 Å². The first kappa shape index (κ1) is 17.7. The van der Waals surface area contributed by atoms with E-state index in [2.05, 4.69) is 0 Å². The van der Waals surface area contributed by atoms with Crippen LogP contribution in [0.4, 0.5) is 22.7 Å². The van der Waals surface area contributed by atoms with E-state index in [1.165, 1.54) is 24.3 Å². The number of hydrogen-bond donors (Lipinski definition) is 0. The van der Waals surface area contributed by atoms with Gasteiger partial charge in [-0.15, -0.1) is 11.3 Å². The lowest BCUT2D eigenvalue weighted by atomic mass is 10.1. The maximum Gasteiger partial charge on any atom is 0.431 e. The molecule has 0 saturated carbocycles. The number of benzene rings is 2. The Labute approximate surface area is 149 Å². The SMILES string of the molecule is O=c1c2ccccc2sc2c([N+](=O)[O-])c([N+](=O)[O-])c([N+](=O)[O-])c([N+](=O)[O-])c12. The Hall–Kier alpha value is -4.07. The zero-order chi connectivity index (χ0) is 20.0. The number of hydrogen-bond acceptors (Lipinski definition) is 10. The molecule has 0 N–H and O–H groups in total. The number of fused-ring (bicyclic) bond motifs is 2. The van der Waals surface area contributed by atoms with Gasteiger partial charge in [0.15, 0.2) is 0 Å². The van der Waals surface area contributed by atoms with Crippen LogP contribution in [0, 0.1) is 40.5 Å². The molecule has 3 rings (SSSR count). The third kappa shape index (κ3) is 2.51. The van der Waals surface area contributed by atoms with Gasteiger partial charge in [0.05, 0.1) is 19.7 Å². The smallest absolute Gasteiger partial charge is 0.288 e. The van der Waals surface area contributed by atoms with E-state index in [1.807, 2.05) is 0 Å². The first-order valence-corrected chi connectivity index (χ1v) is 7.61. The van der Waals surface area contributed by atoms with Crippen LogP contribution in [0.5, 0.6) is 0 Å². The molecule has 0 fully saturated rings.